The number of sulfonamides is 1. The number of hydrazine groups is 1. The summed E-state index contributed by atoms with van der Waals surface area (Å²) in [7, 11) is -3.57. The number of benzene rings is 1. The summed E-state index contributed by atoms with van der Waals surface area (Å²) in [5, 5.41) is 0. The van der Waals surface area contributed by atoms with Gasteiger partial charge < -0.3 is 0 Å². The molecule has 0 spiro atoms. The minimum atomic E-state index is -3.57. The van der Waals surface area contributed by atoms with Crippen LogP contribution in [0.2, 0.25) is 0 Å². The van der Waals surface area contributed by atoms with Crippen LogP contribution in [0.15, 0.2) is 29.2 Å². The van der Waals surface area contributed by atoms with E-state index in [0.29, 0.717) is 12.8 Å². The van der Waals surface area contributed by atoms with E-state index in [0.717, 1.165) is 18.4 Å². The molecule has 6 heteroatoms. The molecule has 1 aromatic rings. The van der Waals surface area contributed by atoms with Gasteiger partial charge in [0, 0.05) is 18.9 Å². The van der Waals surface area contributed by atoms with E-state index in [-0.39, 0.29) is 16.7 Å². The van der Waals surface area contributed by atoms with Crippen LogP contribution >= 0.6 is 0 Å². The summed E-state index contributed by atoms with van der Waals surface area (Å²) in [6.45, 7) is 1.90. The maximum Gasteiger partial charge on any atom is 0.253 e. The van der Waals surface area contributed by atoms with Gasteiger partial charge in [-0.2, -0.15) is 0 Å². The van der Waals surface area contributed by atoms with Gasteiger partial charge in [0.25, 0.3) is 10.0 Å². The summed E-state index contributed by atoms with van der Waals surface area (Å²) < 4.78 is 24.0. The normalized spacial score (nSPS) is 20.5. The molecule has 1 aliphatic carbocycles. The molecule has 0 aromatic heterocycles. The molecule has 1 aromatic carbocycles. The Morgan fingerprint density at radius 1 is 1.21 bits per heavy atom. The lowest BCUT2D eigenvalue weighted by molar-refractivity contribution is -0.120. The molecule has 1 unspecified atom stereocenters. The minimum Gasteiger partial charge on any atom is -0.300 e. The van der Waals surface area contributed by atoms with Crippen LogP contribution in [-0.4, -0.2) is 20.2 Å². The fourth-order valence-corrected chi connectivity index (χ4v) is 3.02. The van der Waals surface area contributed by atoms with Crippen LogP contribution in [-0.2, 0) is 14.8 Å². The molecule has 1 atom stereocenters. The number of carbonyl (C=O) groups is 1. The zero-order chi connectivity index (χ0) is 13.9. The molecule has 0 saturated heterocycles. The lowest BCUT2D eigenvalue weighted by Crippen LogP contribution is -2.46. The number of ketones is 1. The fraction of sp³-hybridized carbons (Fsp3) is 0.462. The summed E-state index contributed by atoms with van der Waals surface area (Å²) in [6, 6.07) is 6.51. The third-order valence-corrected chi connectivity index (χ3v) is 4.49. The number of nitrogens with one attached hydrogen (secondary N) is 2. The molecule has 2 rings (SSSR count). The van der Waals surface area contributed by atoms with Crippen LogP contribution in [0.1, 0.15) is 31.2 Å². The first-order valence-corrected chi connectivity index (χ1v) is 7.81. The molecule has 0 bridgehead atoms. The highest BCUT2D eigenvalue weighted by molar-refractivity contribution is 7.89. The van der Waals surface area contributed by atoms with Crippen molar-refractivity contribution < 1.29 is 13.2 Å². The zero-order valence-electron chi connectivity index (χ0n) is 10.8. The van der Waals surface area contributed by atoms with Gasteiger partial charge in [0.1, 0.15) is 5.78 Å². The quantitative estimate of drug-likeness (QED) is 0.816. The predicted molar refractivity (Wildman–Crippen MR) is 71.9 cm³/mol. The number of hydrogen-bond acceptors (Lipinski definition) is 4. The molecule has 1 aliphatic rings. The number of hydrogen-bond donors (Lipinski definition) is 2. The number of carbonyl (C=O) groups excluding carboxylic acids is 1. The van der Waals surface area contributed by atoms with Crippen LogP contribution in [0.3, 0.4) is 0 Å². The molecule has 5 nitrogen and oxygen atoms in total. The van der Waals surface area contributed by atoms with Gasteiger partial charge in [0.2, 0.25) is 0 Å². The van der Waals surface area contributed by atoms with E-state index < -0.39 is 10.0 Å². The molecule has 104 valence electrons. The highest BCUT2D eigenvalue weighted by Crippen LogP contribution is 2.15. The third kappa shape index (κ3) is 3.86. The van der Waals surface area contributed by atoms with Crippen molar-refractivity contribution in [3.63, 3.8) is 0 Å². The second-order valence-electron chi connectivity index (χ2n) is 4.89. The van der Waals surface area contributed by atoms with Gasteiger partial charge in [-0.1, -0.05) is 17.7 Å². The minimum absolute atomic E-state index is 0.110. The van der Waals surface area contributed by atoms with Crippen molar-refractivity contribution >= 4 is 15.8 Å². The van der Waals surface area contributed by atoms with Gasteiger partial charge in [-0.3, -0.25) is 4.79 Å². The maximum atomic E-state index is 12.0. The maximum absolute atomic E-state index is 12.0. The zero-order valence-corrected chi connectivity index (χ0v) is 11.7. The largest absolute Gasteiger partial charge is 0.300 e. The smallest absolute Gasteiger partial charge is 0.253 e. The molecule has 0 radical (unpaired) electrons. The lowest BCUT2D eigenvalue weighted by Gasteiger charge is -2.22. The molecular formula is C13H18N2O3S. The Balaban J connectivity index is 1.97. The molecule has 0 heterocycles. The molecule has 19 heavy (non-hydrogen) atoms. The lowest BCUT2D eigenvalue weighted by atomic mass is 9.95. The van der Waals surface area contributed by atoms with Crippen LogP contribution in [0.4, 0.5) is 0 Å². The Labute approximate surface area is 113 Å². The van der Waals surface area contributed by atoms with E-state index in [4.69, 9.17) is 0 Å². The highest BCUT2D eigenvalue weighted by atomic mass is 32.2. The van der Waals surface area contributed by atoms with Gasteiger partial charge in [-0.05, 0) is 31.9 Å². The number of aryl methyl sites for hydroxylation is 1. The van der Waals surface area contributed by atoms with Crippen molar-refractivity contribution in [2.75, 3.05) is 0 Å². The standard InChI is InChI=1S/C13H18N2O3S/c1-10-5-7-13(8-6-10)19(17,18)15-14-11-3-2-4-12(16)9-11/h5-8,11,14-15H,2-4,9H2,1H3. The van der Waals surface area contributed by atoms with Crippen LogP contribution in [0.5, 0.6) is 0 Å². The molecule has 1 saturated carbocycles. The van der Waals surface area contributed by atoms with Crippen LogP contribution in [0, 0.1) is 6.92 Å². The van der Waals surface area contributed by atoms with Gasteiger partial charge in [-0.15, -0.1) is 4.83 Å². The third-order valence-electron chi connectivity index (χ3n) is 3.21. The van der Waals surface area contributed by atoms with E-state index in [2.05, 4.69) is 10.3 Å². The van der Waals surface area contributed by atoms with Crippen LogP contribution in [0.25, 0.3) is 0 Å². The van der Waals surface area contributed by atoms with Crippen LogP contribution < -0.4 is 10.3 Å². The van der Waals surface area contributed by atoms with E-state index in [1.54, 1.807) is 24.3 Å². The van der Waals surface area contributed by atoms with Crippen molar-refractivity contribution in [1.82, 2.24) is 10.3 Å². The van der Waals surface area contributed by atoms with Gasteiger partial charge >= 0.3 is 0 Å². The highest BCUT2D eigenvalue weighted by Gasteiger charge is 2.21. The molecule has 1 fully saturated rings. The average Bonchev–Trinajstić information content (AvgIpc) is 2.37. The first-order chi connectivity index (χ1) is 8.97. The Kier molecular flexibility index (Phi) is 4.34. The van der Waals surface area contributed by atoms with Crippen molar-refractivity contribution in [3.05, 3.63) is 29.8 Å². The van der Waals surface area contributed by atoms with E-state index in [9.17, 15) is 13.2 Å². The first kappa shape index (κ1) is 14.2. The monoisotopic (exact) mass is 282 g/mol. The summed E-state index contributed by atoms with van der Waals surface area (Å²) in [4.78, 5) is 13.9. The summed E-state index contributed by atoms with van der Waals surface area (Å²) in [5.74, 6) is 0.179. The second-order valence-corrected chi connectivity index (χ2v) is 6.58. The summed E-state index contributed by atoms with van der Waals surface area (Å²) in [6.07, 6.45) is 2.60. The summed E-state index contributed by atoms with van der Waals surface area (Å²) in [5.41, 5.74) is 3.75. The Hall–Kier alpha value is -1.24. The van der Waals surface area contributed by atoms with E-state index in [1.165, 1.54) is 0 Å². The van der Waals surface area contributed by atoms with Crippen molar-refractivity contribution in [2.45, 2.75) is 43.5 Å². The van der Waals surface area contributed by atoms with Crippen molar-refractivity contribution in [1.29, 1.82) is 0 Å². The van der Waals surface area contributed by atoms with E-state index in [1.807, 2.05) is 6.92 Å². The Morgan fingerprint density at radius 3 is 2.53 bits per heavy atom. The van der Waals surface area contributed by atoms with Crippen molar-refractivity contribution in [3.8, 4) is 0 Å². The van der Waals surface area contributed by atoms with Gasteiger partial charge in [0.15, 0.2) is 0 Å². The SMILES string of the molecule is Cc1ccc(S(=O)(=O)NNC2CCCC(=O)C2)cc1. The molecular weight excluding hydrogens is 264 g/mol. The fourth-order valence-electron chi connectivity index (χ4n) is 2.09. The first-order valence-electron chi connectivity index (χ1n) is 6.33. The molecule has 0 amide bonds. The molecule has 0 aliphatic heterocycles. The predicted octanol–water partition coefficient (Wildman–Crippen LogP) is 1.29. The Morgan fingerprint density at radius 2 is 1.89 bits per heavy atom. The van der Waals surface area contributed by atoms with E-state index >= 15 is 0 Å². The summed E-state index contributed by atoms with van der Waals surface area (Å²) >= 11 is 0. The average molecular weight is 282 g/mol. The number of Topliss-reactive ketones (excluding diaryl/α,β-unsaturated/α-hetero) is 1. The topological polar surface area (TPSA) is 75.3 Å². The Bertz CT molecular complexity index is 552. The van der Waals surface area contributed by atoms with Crippen molar-refractivity contribution in [2.24, 2.45) is 0 Å². The molecule has 2 N–H and O–H groups in total. The second kappa shape index (κ2) is 5.81. The number of rotatable bonds is 4. The van der Waals surface area contributed by atoms with Gasteiger partial charge in [-0.25, -0.2) is 13.8 Å². The van der Waals surface area contributed by atoms with Gasteiger partial charge in [0.05, 0.1) is 4.90 Å².